The van der Waals surface area contributed by atoms with Crippen molar-refractivity contribution in [2.24, 2.45) is 0 Å². The number of hydrogen-bond acceptors (Lipinski definition) is 4. The van der Waals surface area contributed by atoms with E-state index in [2.05, 4.69) is 10.3 Å². The maximum absolute atomic E-state index is 13.3. The van der Waals surface area contributed by atoms with Crippen molar-refractivity contribution in [2.75, 3.05) is 38.2 Å². The standard InChI is InChI=1S/C19H22ClFN4O2/c1-13(16-12-15(27-2)3-4-17(16)20)23-19(26)25-9-7-24(8-10-25)14-5-6-22-18(21)11-14/h3-6,11-13H,7-10H2,1-2H3,(H,23,26)/t13-/m1/s1. The lowest BCUT2D eigenvalue weighted by atomic mass is 10.1. The van der Waals surface area contributed by atoms with E-state index in [1.54, 1.807) is 30.2 Å². The monoisotopic (exact) mass is 392 g/mol. The van der Waals surface area contributed by atoms with Gasteiger partial charge in [-0.2, -0.15) is 4.39 Å². The van der Waals surface area contributed by atoms with Crippen LogP contribution in [0.2, 0.25) is 5.02 Å². The van der Waals surface area contributed by atoms with Gasteiger partial charge in [0, 0.05) is 49.2 Å². The van der Waals surface area contributed by atoms with Crippen LogP contribution in [0, 0.1) is 5.95 Å². The number of piperazine rings is 1. The van der Waals surface area contributed by atoms with Crippen LogP contribution >= 0.6 is 11.6 Å². The first-order valence-corrected chi connectivity index (χ1v) is 9.11. The number of methoxy groups -OCH3 is 1. The van der Waals surface area contributed by atoms with Crippen molar-refractivity contribution in [2.45, 2.75) is 13.0 Å². The minimum Gasteiger partial charge on any atom is -0.497 e. The molecule has 0 saturated carbocycles. The molecule has 8 heteroatoms. The van der Waals surface area contributed by atoms with E-state index in [9.17, 15) is 9.18 Å². The number of ether oxygens (including phenoxy) is 1. The normalized spacial score (nSPS) is 15.4. The Morgan fingerprint density at radius 2 is 2.00 bits per heavy atom. The summed E-state index contributed by atoms with van der Waals surface area (Å²) < 4.78 is 18.5. The van der Waals surface area contributed by atoms with Gasteiger partial charge in [0.15, 0.2) is 0 Å². The molecule has 0 bridgehead atoms. The molecule has 0 aliphatic carbocycles. The van der Waals surface area contributed by atoms with Crippen LogP contribution in [-0.2, 0) is 0 Å². The van der Waals surface area contributed by atoms with Crippen molar-refractivity contribution in [1.29, 1.82) is 0 Å². The van der Waals surface area contributed by atoms with Gasteiger partial charge in [-0.1, -0.05) is 11.6 Å². The number of halogens is 2. The Labute approximate surface area is 162 Å². The maximum atomic E-state index is 13.3. The molecule has 1 aliphatic rings. The predicted octanol–water partition coefficient (Wildman–Crippen LogP) is 3.48. The van der Waals surface area contributed by atoms with E-state index in [0.717, 1.165) is 11.3 Å². The van der Waals surface area contributed by atoms with E-state index in [1.807, 2.05) is 17.9 Å². The SMILES string of the molecule is COc1ccc(Cl)c([C@@H](C)NC(=O)N2CCN(c3ccnc(F)c3)CC2)c1. The summed E-state index contributed by atoms with van der Waals surface area (Å²) in [4.78, 5) is 20.0. The van der Waals surface area contributed by atoms with E-state index in [-0.39, 0.29) is 12.1 Å². The van der Waals surface area contributed by atoms with Gasteiger partial charge < -0.3 is 19.9 Å². The zero-order chi connectivity index (χ0) is 19.4. The number of benzene rings is 1. The molecule has 27 heavy (non-hydrogen) atoms. The van der Waals surface area contributed by atoms with E-state index in [4.69, 9.17) is 16.3 Å². The summed E-state index contributed by atoms with van der Waals surface area (Å²) in [7, 11) is 1.59. The summed E-state index contributed by atoms with van der Waals surface area (Å²) in [5, 5.41) is 3.56. The summed E-state index contributed by atoms with van der Waals surface area (Å²) in [5.74, 6) is 0.186. The lowest BCUT2D eigenvalue weighted by Crippen LogP contribution is -2.52. The molecule has 0 spiro atoms. The predicted molar refractivity (Wildman–Crippen MR) is 103 cm³/mol. The molecule has 1 aromatic heterocycles. The highest BCUT2D eigenvalue weighted by atomic mass is 35.5. The number of anilines is 1. The topological polar surface area (TPSA) is 57.7 Å². The minimum absolute atomic E-state index is 0.151. The molecule has 1 aromatic carbocycles. The van der Waals surface area contributed by atoms with E-state index in [1.165, 1.54) is 12.3 Å². The fourth-order valence-electron chi connectivity index (χ4n) is 3.09. The van der Waals surface area contributed by atoms with Crippen LogP contribution in [0.4, 0.5) is 14.9 Å². The van der Waals surface area contributed by atoms with Crippen molar-refractivity contribution >= 4 is 23.3 Å². The number of urea groups is 1. The smallest absolute Gasteiger partial charge is 0.317 e. The zero-order valence-electron chi connectivity index (χ0n) is 15.3. The number of carbonyl (C=O) groups excluding carboxylic acids is 1. The maximum Gasteiger partial charge on any atom is 0.317 e. The first-order valence-electron chi connectivity index (χ1n) is 8.73. The van der Waals surface area contributed by atoms with Crippen molar-refractivity contribution < 1.29 is 13.9 Å². The molecule has 0 radical (unpaired) electrons. The highest BCUT2D eigenvalue weighted by Gasteiger charge is 2.23. The van der Waals surface area contributed by atoms with Crippen LogP contribution < -0.4 is 15.0 Å². The number of hydrogen-bond donors (Lipinski definition) is 1. The molecule has 3 rings (SSSR count). The zero-order valence-corrected chi connectivity index (χ0v) is 16.0. The van der Waals surface area contributed by atoms with Crippen molar-refractivity contribution in [3.63, 3.8) is 0 Å². The quantitative estimate of drug-likeness (QED) is 0.809. The Bertz CT molecular complexity index is 812. The average molecular weight is 393 g/mol. The molecule has 2 amide bonds. The van der Waals surface area contributed by atoms with E-state index < -0.39 is 5.95 Å². The number of pyridine rings is 1. The summed E-state index contributed by atoms with van der Waals surface area (Å²) in [6, 6.07) is 8.12. The molecule has 1 fully saturated rings. The van der Waals surface area contributed by atoms with E-state index >= 15 is 0 Å². The molecule has 0 unspecified atom stereocenters. The van der Waals surface area contributed by atoms with Gasteiger partial charge in [-0.25, -0.2) is 9.78 Å². The Balaban J connectivity index is 1.58. The summed E-state index contributed by atoms with van der Waals surface area (Å²) in [6.07, 6.45) is 1.45. The summed E-state index contributed by atoms with van der Waals surface area (Å²) in [5.41, 5.74) is 1.58. The molecule has 1 atom stereocenters. The fraction of sp³-hybridized carbons (Fsp3) is 0.368. The van der Waals surface area contributed by atoms with Gasteiger partial charge in [-0.15, -0.1) is 0 Å². The molecule has 144 valence electrons. The van der Waals surface area contributed by atoms with Gasteiger partial charge in [0.05, 0.1) is 13.2 Å². The molecular formula is C19H22ClFN4O2. The first-order chi connectivity index (χ1) is 13.0. The van der Waals surface area contributed by atoms with Gasteiger partial charge in [-0.05, 0) is 36.8 Å². The third-order valence-corrected chi connectivity index (χ3v) is 5.00. The van der Waals surface area contributed by atoms with Crippen LogP contribution in [0.3, 0.4) is 0 Å². The third-order valence-electron chi connectivity index (χ3n) is 4.65. The Morgan fingerprint density at radius 1 is 1.26 bits per heavy atom. The Hall–Kier alpha value is -2.54. The molecule has 1 aliphatic heterocycles. The highest BCUT2D eigenvalue weighted by Crippen LogP contribution is 2.27. The van der Waals surface area contributed by atoms with Crippen molar-refractivity contribution in [1.82, 2.24) is 15.2 Å². The fourth-order valence-corrected chi connectivity index (χ4v) is 3.37. The van der Waals surface area contributed by atoms with Crippen molar-refractivity contribution in [3.05, 3.63) is 53.1 Å². The third kappa shape index (κ3) is 4.60. The first kappa shape index (κ1) is 19.2. The largest absolute Gasteiger partial charge is 0.497 e. The van der Waals surface area contributed by atoms with E-state index in [0.29, 0.717) is 37.0 Å². The lowest BCUT2D eigenvalue weighted by Gasteiger charge is -2.36. The Kier molecular flexibility index (Phi) is 6.01. The van der Waals surface area contributed by atoms with Crippen LogP contribution in [0.25, 0.3) is 0 Å². The summed E-state index contributed by atoms with van der Waals surface area (Å²) in [6.45, 7) is 4.24. The number of carbonyl (C=O) groups is 1. The average Bonchev–Trinajstić information content (AvgIpc) is 2.68. The molecule has 1 N–H and O–H groups in total. The van der Waals surface area contributed by atoms with Gasteiger partial charge in [-0.3, -0.25) is 0 Å². The second-order valence-corrected chi connectivity index (χ2v) is 6.78. The summed E-state index contributed by atoms with van der Waals surface area (Å²) >= 11 is 6.25. The molecular weight excluding hydrogens is 371 g/mol. The molecule has 1 saturated heterocycles. The number of aromatic nitrogens is 1. The second kappa shape index (κ2) is 8.43. The van der Waals surface area contributed by atoms with Crippen LogP contribution in [0.5, 0.6) is 5.75 Å². The highest BCUT2D eigenvalue weighted by molar-refractivity contribution is 6.31. The number of amides is 2. The minimum atomic E-state index is -0.503. The Morgan fingerprint density at radius 3 is 2.67 bits per heavy atom. The van der Waals surface area contributed by atoms with Crippen LogP contribution in [0.15, 0.2) is 36.5 Å². The van der Waals surface area contributed by atoms with Gasteiger partial charge in [0.25, 0.3) is 0 Å². The number of rotatable bonds is 4. The van der Waals surface area contributed by atoms with Gasteiger partial charge >= 0.3 is 6.03 Å². The number of nitrogens with one attached hydrogen (secondary N) is 1. The van der Waals surface area contributed by atoms with Gasteiger partial charge in [0.1, 0.15) is 5.75 Å². The van der Waals surface area contributed by atoms with Crippen LogP contribution in [0.1, 0.15) is 18.5 Å². The van der Waals surface area contributed by atoms with Crippen LogP contribution in [-0.4, -0.2) is 49.2 Å². The van der Waals surface area contributed by atoms with Gasteiger partial charge in [0.2, 0.25) is 5.95 Å². The molecule has 2 aromatic rings. The molecule has 6 nitrogen and oxygen atoms in total. The van der Waals surface area contributed by atoms with Crippen molar-refractivity contribution in [3.8, 4) is 5.75 Å². The second-order valence-electron chi connectivity index (χ2n) is 6.37. The lowest BCUT2D eigenvalue weighted by molar-refractivity contribution is 0.191. The number of nitrogens with zero attached hydrogens (tertiary/aromatic N) is 3. The molecule has 2 heterocycles.